The number of morpholine rings is 1. The van der Waals surface area contributed by atoms with Gasteiger partial charge in [-0.25, -0.2) is 0 Å². The Bertz CT molecular complexity index is 270. The third kappa shape index (κ3) is 3.14. The molecule has 18 heavy (non-hydrogen) atoms. The highest BCUT2D eigenvalue weighted by Gasteiger charge is 2.32. The number of rotatable bonds is 4. The van der Waals surface area contributed by atoms with Crippen LogP contribution in [-0.4, -0.2) is 62.3 Å². The monoisotopic (exact) mass is 250 g/mol. The fourth-order valence-electron chi connectivity index (χ4n) is 3.64. The quantitative estimate of drug-likeness (QED) is 0.705. The Hall–Kier alpha value is -0.380. The molecule has 2 aliphatic heterocycles. The lowest BCUT2D eigenvalue weighted by Crippen LogP contribution is -2.38. The number of ether oxygens (including phenoxy) is 1. The standard InChI is InChI=1S/C15H26N2O/c1-2-5-15-13-17(12-14(15)4-1)7-3-6-16-8-10-18-11-9-16/h1-2,14-15H,3-13H2/t14-,15+. The zero-order valence-electron chi connectivity index (χ0n) is 11.4. The summed E-state index contributed by atoms with van der Waals surface area (Å²) in [4.78, 5) is 5.25. The molecule has 0 spiro atoms. The van der Waals surface area contributed by atoms with E-state index in [4.69, 9.17) is 4.74 Å². The molecule has 2 atom stereocenters. The lowest BCUT2D eigenvalue weighted by molar-refractivity contribution is 0.0363. The largest absolute Gasteiger partial charge is 0.379 e. The summed E-state index contributed by atoms with van der Waals surface area (Å²) in [6.45, 7) is 9.37. The molecule has 2 saturated heterocycles. The Morgan fingerprint density at radius 2 is 1.50 bits per heavy atom. The molecule has 0 aromatic carbocycles. The summed E-state index contributed by atoms with van der Waals surface area (Å²) in [5, 5.41) is 0. The predicted octanol–water partition coefficient (Wildman–Crippen LogP) is 1.61. The van der Waals surface area contributed by atoms with Crippen LogP contribution in [0.4, 0.5) is 0 Å². The zero-order chi connectivity index (χ0) is 12.2. The van der Waals surface area contributed by atoms with Crippen LogP contribution in [0.1, 0.15) is 19.3 Å². The normalized spacial score (nSPS) is 33.8. The van der Waals surface area contributed by atoms with Gasteiger partial charge in [0.2, 0.25) is 0 Å². The van der Waals surface area contributed by atoms with Crippen LogP contribution in [0.25, 0.3) is 0 Å². The Morgan fingerprint density at radius 1 is 0.889 bits per heavy atom. The van der Waals surface area contributed by atoms with Crippen molar-refractivity contribution in [1.82, 2.24) is 9.80 Å². The van der Waals surface area contributed by atoms with E-state index >= 15 is 0 Å². The minimum atomic E-state index is 0.930. The molecule has 0 N–H and O–H groups in total. The molecule has 0 aromatic heterocycles. The predicted molar refractivity (Wildman–Crippen MR) is 73.7 cm³/mol. The van der Waals surface area contributed by atoms with Gasteiger partial charge in [-0.3, -0.25) is 4.90 Å². The molecule has 2 fully saturated rings. The summed E-state index contributed by atoms with van der Waals surface area (Å²) in [6, 6.07) is 0. The number of allylic oxidation sites excluding steroid dienone is 2. The van der Waals surface area contributed by atoms with Crippen molar-refractivity contribution in [2.45, 2.75) is 19.3 Å². The van der Waals surface area contributed by atoms with Gasteiger partial charge in [-0.1, -0.05) is 12.2 Å². The smallest absolute Gasteiger partial charge is 0.0594 e. The molecule has 102 valence electrons. The molecular weight excluding hydrogens is 224 g/mol. The maximum absolute atomic E-state index is 5.38. The van der Waals surface area contributed by atoms with E-state index in [9.17, 15) is 0 Å². The fraction of sp³-hybridized carbons (Fsp3) is 0.867. The van der Waals surface area contributed by atoms with Gasteiger partial charge in [-0.2, -0.15) is 0 Å². The summed E-state index contributed by atoms with van der Waals surface area (Å²) < 4.78 is 5.38. The molecule has 3 heteroatoms. The van der Waals surface area contributed by atoms with E-state index in [2.05, 4.69) is 22.0 Å². The van der Waals surface area contributed by atoms with Gasteiger partial charge < -0.3 is 9.64 Å². The second-order valence-electron chi connectivity index (χ2n) is 6.03. The van der Waals surface area contributed by atoms with E-state index in [1.54, 1.807) is 0 Å². The first-order chi connectivity index (χ1) is 8.92. The van der Waals surface area contributed by atoms with E-state index < -0.39 is 0 Å². The van der Waals surface area contributed by atoms with Gasteiger partial charge in [0.1, 0.15) is 0 Å². The van der Waals surface area contributed by atoms with Crippen molar-refractivity contribution < 1.29 is 4.74 Å². The molecule has 3 aliphatic rings. The van der Waals surface area contributed by atoms with Crippen molar-refractivity contribution in [3.8, 4) is 0 Å². The van der Waals surface area contributed by atoms with Gasteiger partial charge in [-0.15, -0.1) is 0 Å². The molecule has 0 bridgehead atoms. The highest BCUT2D eigenvalue weighted by atomic mass is 16.5. The first-order valence-electron chi connectivity index (χ1n) is 7.59. The van der Waals surface area contributed by atoms with Crippen molar-refractivity contribution >= 4 is 0 Å². The van der Waals surface area contributed by atoms with Crippen molar-refractivity contribution in [2.24, 2.45) is 11.8 Å². The molecule has 0 unspecified atom stereocenters. The molecular formula is C15H26N2O. The summed E-state index contributed by atoms with van der Waals surface area (Å²) in [7, 11) is 0. The molecule has 0 aromatic rings. The number of nitrogens with zero attached hydrogens (tertiary/aromatic N) is 2. The number of hydrogen-bond acceptors (Lipinski definition) is 3. The Kier molecular flexibility index (Phi) is 4.34. The molecule has 0 radical (unpaired) electrons. The minimum Gasteiger partial charge on any atom is -0.379 e. The first-order valence-corrected chi connectivity index (χ1v) is 7.59. The van der Waals surface area contributed by atoms with Gasteiger partial charge in [0.15, 0.2) is 0 Å². The number of fused-ring (bicyclic) bond motifs is 1. The summed E-state index contributed by atoms with van der Waals surface area (Å²) in [5.41, 5.74) is 0. The summed E-state index contributed by atoms with van der Waals surface area (Å²) >= 11 is 0. The first kappa shape index (κ1) is 12.6. The van der Waals surface area contributed by atoms with Crippen LogP contribution >= 0.6 is 0 Å². The maximum Gasteiger partial charge on any atom is 0.0594 e. The zero-order valence-corrected chi connectivity index (χ0v) is 11.4. The average molecular weight is 250 g/mol. The molecule has 3 rings (SSSR count). The lowest BCUT2D eigenvalue weighted by atomic mass is 9.86. The van der Waals surface area contributed by atoms with Crippen molar-refractivity contribution in [2.75, 3.05) is 52.5 Å². The fourth-order valence-corrected chi connectivity index (χ4v) is 3.64. The van der Waals surface area contributed by atoms with Crippen LogP contribution in [0.2, 0.25) is 0 Å². The van der Waals surface area contributed by atoms with Crippen molar-refractivity contribution in [3.05, 3.63) is 12.2 Å². The van der Waals surface area contributed by atoms with E-state index in [0.717, 1.165) is 38.1 Å². The van der Waals surface area contributed by atoms with Gasteiger partial charge in [0.05, 0.1) is 13.2 Å². The van der Waals surface area contributed by atoms with Crippen molar-refractivity contribution in [3.63, 3.8) is 0 Å². The highest BCUT2D eigenvalue weighted by molar-refractivity contribution is 4.99. The van der Waals surface area contributed by atoms with Gasteiger partial charge in [0.25, 0.3) is 0 Å². The van der Waals surface area contributed by atoms with Gasteiger partial charge >= 0.3 is 0 Å². The van der Waals surface area contributed by atoms with E-state index in [1.807, 2.05) is 0 Å². The van der Waals surface area contributed by atoms with E-state index in [1.165, 1.54) is 45.4 Å². The summed E-state index contributed by atoms with van der Waals surface area (Å²) in [6.07, 6.45) is 8.75. The Morgan fingerprint density at radius 3 is 2.17 bits per heavy atom. The molecule has 2 heterocycles. The number of likely N-dealkylation sites (tertiary alicyclic amines) is 1. The SMILES string of the molecule is C1=CC[C@H]2CN(CCCN3CCOCC3)C[C@H]2C1. The highest BCUT2D eigenvalue weighted by Crippen LogP contribution is 2.32. The maximum atomic E-state index is 5.38. The summed E-state index contributed by atoms with van der Waals surface area (Å²) in [5.74, 6) is 1.91. The molecule has 0 amide bonds. The van der Waals surface area contributed by atoms with Crippen LogP contribution in [0, 0.1) is 11.8 Å². The van der Waals surface area contributed by atoms with Crippen LogP contribution in [0.5, 0.6) is 0 Å². The van der Waals surface area contributed by atoms with Gasteiger partial charge in [0, 0.05) is 26.2 Å². The average Bonchev–Trinajstić information content (AvgIpc) is 2.82. The molecule has 0 saturated carbocycles. The molecule has 3 nitrogen and oxygen atoms in total. The topological polar surface area (TPSA) is 15.7 Å². The molecule has 1 aliphatic carbocycles. The van der Waals surface area contributed by atoms with E-state index in [-0.39, 0.29) is 0 Å². The van der Waals surface area contributed by atoms with Crippen molar-refractivity contribution in [1.29, 1.82) is 0 Å². The van der Waals surface area contributed by atoms with Crippen LogP contribution in [-0.2, 0) is 4.74 Å². The third-order valence-electron chi connectivity index (χ3n) is 4.75. The minimum absolute atomic E-state index is 0.930. The third-order valence-corrected chi connectivity index (χ3v) is 4.75. The van der Waals surface area contributed by atoms with Crippen LogP contribution in [0.3, 0.4) is 0 Å². The van der Waals surface area contributed by atoms with Gasteiger partial charge in [-0.05, 0) is 44.2 Å². The Labute approximate surface area is 111 Å². The number of hydrogen-bond donors (Lipinski definition) is 0. The van der Waals surface area contributed by atoms with Crippen LogP contribution < -0.4 is 0 Å². The Balaban J connectivity index is 1.34. The second-order valence-corrected chi connectivity index (χ2v) is 6.03. The lowest BCUT2D eigenvalue weighted by Gasteiger charge is -2.27. The second kappa shape index (κ2) is 6.18. The van der Waals surface area contributed by atoms with E-state index in [0.29, 0.717) is 0 Å². The van der Waals surface area contributed by atoms with Crippen LogP contribution in [0.15, 0.2) is 12.2 Å².